The van der Waals surface area contributed by atoms with Gasteiger partial charge in [0, 0.05) is 6.54 Å². The molecule has 26 heavy (non-hydrogen) atoms. The van der Waals surface area contributed by atoms with Gasteiger partial charge >= 0.3 is 5.97 Å². The zero-order valence-corrected chi connectivity index (χ0v) is 16.2. The number of imide groups is 1. The molecule has 1 heterocycles. The Morgan fingerprint density at radius 3 is 2.00 bits per heavy atom. The maximum Gasteiger partial charge on any atom is 0.323 e. The van der Waals surface area contributed by atoms with Gasteiger partial charge < -0.3 is 4.74 Å². The highest BCUT2D eigenvalue weighted by molar-refractivity contribution is 6.21. The van der Waals surface area contributed by atoms with E-state index in [0.29, 0.717) is 30.4 Å². The Bertz CT molecular complexity index is 614. The molecule has 2 amide bonds. The van der Waals surface area contributed by atoms with Crippen molar-refractivity contribution < 1.29 is 19.1 Å². The average molecular weight is 360 g/mol. The van der Waals surface area contributed by atoms with Gasteiger partial charge in [0.05, 0.1) is 24.3 Å². The minimum absolute atomic E-state index is 0.283. The topological polar surface area (TPSA) is 87.5 Å². The first kappa shape index (κ1) is 23.3. The number of nitriles is 1. The van der Waals surface area contributed by atoms with E-state index < -0.39 is 11.9 Å². The molecule has 142 valence electrons. The van der Waals surface area contributed by atoms with Crippen LogP contribution in [0, 0.1) is 17.2 Å². The number of benzene rings is 1. The van der Waals surface area contributed by atoms with E-state index in [2.05, 4.69) is 4.74 Å². The molecule has 1 aliphatic heterocycles. The number of methoxy groups -OCH3 is 1. The first-order valence-corrected chi connectivity index (χ1v) is 9.02. The zero-order chi connectivity index (χ0) is 20.1. The molecule has 6 heteroatoms. The molecule has 0 aliphatic carbocycles. The fourth-order valence-electron chi connectivity index (χ4n) is 2.44. The second kappa shape index (κ2) is 12.6. The van der Waals surface area contributed by atoms with E-state index in [1.807, 2.05) is 33.8 Å². The van der Waals surface area contributed by atoms with Crippen molar-refractivity contribution >= 4 is 17.8 Å². The molecule has 1 atom stereocenters. The van der Waals surface area contributed by atoms with Crippen molar-refractivity contribution in [2.24, 2.45) is 5.92 Å². The zero-order valence-electron chi connectivity index (χ0n) is 16.2. The number of carbonyl (C=O) groups is 3. The predicted octanol–water partition coefficient (Wildman–Crippen LogP) is 3.82. The molecule has 0 radical (unpaired) electrons. The quantitative estimate of drug-likeness (QED) is 0.437. The van der Waals surface area contributed by atoms with Crippen molar-refractivity contribution in [3.8, 4) is 6.07 Å². The lowest BCUT2D eigenvalue weighted by atomic mass is 10.0. The lowest BCUT2D eigenvalue weighted by Crippen LogP contribution is -2.30. The largest absolute Gasteiger partial charge is 0.468 e. The van der Waals surface area contributed by atoms with Gasteiger partial charge in [-0.25, -0.2) is 0 Å². The normalized spacial score (nSPS) is 12.7. The van der Waals surface area contributed by atoms with Crippen molar-refractivity contribution in [2.45, 2.75) is 47.0 Å². The number of esters is 1. The highest BCUT2D eigenvalue weighted by atomic mass is 16.5. The molecular weight excluding hydrogens is 332 g/mol. The number of fused-ring (bicyclic) bond motifs is 1. The Balaban J connectivity index is 0.00000146. The molecule has 0 fully saturated rings. The Kier molecular flexibility index (Phi) is 11.3. The van der Waals surface area contributed by atoms with E-state index in [1.165, 1.54) is 12.0 Å². The Hall–Kier alpha value is -2.68. The Morgan fingerprint density at radius 2 is 1.58 bits per heavy atom. The minimum atomic E-state index is -0.799. The third kappa shape index (κ3) is 5.69. The van der Waals surface area contributed by atoms with Crippen molar-refractivity contribution in [3.05, 3.63) is 35.4 Å². The minimum Gasteiger partial charge on any atom is -0.468 e. The molecule has 0 N–H and O–H groups in total. The van der Waals surface area contributed by atoms with Crippen LogP contribution in [0.1, 0.15) is 67.7 Å². The van der Waals surface area contributed by atoms with E-state index in [0.717, 1.165) is 0 Å². The molecular formula is C20H28N2O4. The highest BCUT2D eigenvalue weighted by Gasteiger charge is 2.34. The lowest BCUT2D eigenvalue weighted by Gasteiger charge is -2.13. The first-order chi connectivity index (χ1) is 12.6. The van der Waals surface area contributed by atoms with Crippen molar-refractivity contribution in [2.75, 3.05) is 13.7 Å². The maximum absolute atomic E-state index is 12.1. The summed E-state index contributed by atoms with van der Waals surface area (Å²) in [5.74, 6) is -1.92. The standard InChI is InChI=1S/C16H16N2O4.2C2H6/c1-22-16(21)11(10-17)6-4-5-9-18-14(19)12-7-2-3-8-13(12)15(18)20;2*1-2/h2-3,7-8,11H,4-6,9H2,1H3;2*1-2H3. The van der Waals surface area contributed by atoms with Crippen LogP contribution in [-0.2, 0) is 9.53 Å². The molecule has 1 aliphatic rings. The molecule has 1 unspecified atom stereocenters. The molecule has 0 saturated heterocycles. The summed E-state index contributed by atoms with van der Waals surface area (Å²) in [6.45, 7) is 8.28. The molecule has 0 saturated carbocycles. The van der Waals surface area contributed by atoms with Crippen LogP contribution >= 0.6 is 0 Å². The Morgan fingerprint density at radius 1 is 1.08 bits per heavy atom. The van der Waals surface area contributed by atoms with Crippen LogP contribution in [0.2, 0.25) is 0 Å². The van der Waals surface area contributed by atoms with E-state index >= 15 is 0 Å². The summed E-state index contributed by atoms with van der Waals surface area (Å²) < 4.78 is 4.53. The van der Waals surface area contributed by atoms with Gasteiger partial charge in [0.15, 0.2) is 0 Å². The second-order valence-electron chi connectivity index (χ2n) is 5.01. The van der Waals surface area contributed by atoms with Gasteiger partial charge in [0.25, 0.3) is 11.8 Å². The molecule has 0 spiro atoms. The molecule has 0 aromatic heterocycles. The van der Waals surface area contributed by atoms with Crippen molar-refractivity contribution in [1.29, 1.82) is 5.26 Å². The van der Waals surface area contributed by atoms with Crippen LogP contribution in [-0.4, -0.2) is 36.3 Å². The SMILES string of the molecule is CC.CC.COC(=O)C(C#N)CCCCN1C(=O)c2ccccc2C1=O. The summed E-state index contributed by atoms with van der Waals surface area (Å²) in [6, 6.07) is 8.61. The van der Waals surface area contributed by atoms with E-state index in [4.69, 9.17) is 5.26 Å². The van der Waals surface area contributed by atoms with Crippen LogP contribution in [0.4, 0.5) is 0 Å². The third-order valence-electron chi connectivity index (χ3n) is 3.64. The van der Waals surface area contributed by atoms with E-state index in [-0.39, 0.29) is 18.4 Å². The Labute approximate surface area is 155 Å². The molecule has 0 bridgehead atoms. The maximum atomic E-state index is 12.1. The van der Waals surface area contributed by atoms with E-state index in [1.54, 1.807) is 24.3 Å². The van der Waals surface area contributed by atoms with Crippen molar-refractivity contribution in [3.63, 3.8) is 0 Å². The monoisotopic (exact) mass is 360 g/mol. The fourth-order valence-corrected chi connectivity index (χ4v) is 2.44. The summed E-state index contributed by atoms with van der Waals surface area (Å²) in [6.07, 6.45) is 1.45. The van der Waals surface area contributed by atoms with Crippen LogP contribution in [0.3, 0.4) is 0 Å². The van der Waals surface area contributed by atoms with Crippen LogP contribution < -0.4 is 0 Å². The van der Waals surface area contributed by atoms with Gasteiger partial charge in [0.1, 0.15) is 5.92 Å². The summed E-state index contributed by atoms with van der Waals surface area (Å²) >= 11 is 0. The smallest absolute Gasteiger partial charge is 0.323 e. The summed E-state index contributed by atoms with van der Waals surface area (Å²) in [7, 11) is 1.24. The number of ether oxygens (including phenoxy) is 1. The van der Waals surface area contributed by atoms with E-state index in [9.17, 15) is 14.4 Å². The van der Waals surface area contributed by atoms with Gasteiger partial charge in [0.2, 0.25) is 0 Å². The highest BCUT2D eigenvalue weighted by Crippen LogP contribution is 2.23. The van der Waals surface area contributed by atoms with Crippen LogP contribution in [0.15, 0.2) is 24.3 Å². The number of rotatable bonds is 6. The molecule has 6 nitrogen and oxygen atoms in total. The predicted molar refractivity (Wildman–Crippen MR) is 99.5 cm³/mol. The van der Waals surface area contributed by atoms with Gasteiger partial charge in [-0.3, -0.25) is 19.3 Å². The number of nitrogens with zero attached hydrogens (tertiary/aromatic N) is 2. The molecule has 1 aromatic carbocycles. The molecule has 1 aromatic rings. The number of amides is 2. The first-order valence-electron chi connectivity index (χ1n) is 9.02. The van der Waals surface area contributed by atoms with Gasteiger partial charge in [-0.1, -0.05) is 39.8 Å². The lowest BCUT2D eigenvalue weighted by molar-refractivity contribution is -0.143. The van der Waals surface area contributed by atoms with Crippen LogP contribution in [0.5, 0.6) is 0 Å². The summed E-state index contributed by atoms with van der Waals surface area (Å²) in [5, 5.41) is 8.87. The van der Waals surface area contributed by atoms with Gasteiger partial charge in [-0.05, 0) is 31.4 Å². The number of hydrogen-bond donors (Lipinski definition) is 0. The van der Waals surface area contributed by atoms with Crippen LogP contribution in [0.25, 0.3) is 0 Å². The molecule has 2 rings (SSSR count). The van der Waals surface area contributed by atoms with Gasteiger partial charge in [-0.15, -0.1) is 0 Å². The fraction of sp³-hybridized carbons (Fsp3) is 0.500. The summed E-state index contributed by atoms with van der Waals surface area (Å²) in [5.41, 5.74) is 0.855. The number of carbonyl (C=O) groups excluding carboxylic acids is 3. The average Bonchev–Trinajstić information content (AvgIpc) is 2.95. The number of hydrogen-bond acceptors (Lipinski definition) is 5. The third-order valence-corrected chi connectivity index (χ3v) is 3.64. The summed E-state index contributed by atoms with van der Waals surface area (Å²) in [4.78, 5) is 36.7. The van der Waals surface area contributed by atoms with Crippen molar-refractivity contribution in [1.82, 2.24) is 4.90 Å². The van der Waals surface area contributed by atoms with Gasteiger partial charge in [-0.2, -0.15) is 5.26 Å². The number of unbranched alkanes of at least 4 members (excludes halogenated alkanes) is 1. The second-order valence-corrected chi connectivity index (χ2v) is 5.01.